The van der Waals surface area contributed by atoms with Crippen molar-refractivity contribution in [3.63, 3.8) is 0 Å². The number of hydrogen-bond acceptors (Lipinski definition) is 3. The van der Waals surface area contributed by atoms with E-state index in [2.05, 4.69) is 10.6 Å². The van der Waals surface area contributed by atoms with Crippen molar-refractivity contribution in [3.8, 4) is 11.5 Å². The molecule has 124 valence electrons. The van der Waals surface area contributed by atoms with Crippen LogP contribution in [0, 0.1) is 0 Å². The second kappa shape index (κ2) is 12.6. The molecule has 0 saturated carbocycles. The van der Waals surface area contributed by atoms with Crippen molar-refractivity contribution < 1.29 is 31.2 Å². The fraction of sp³-hybridized carbons (Fsp3) is 0.235. The molecule has 2 N–H and O–H groups in total. The van der Waals surface area contributed by atoms with Gasteiger partial charge in [0.1, 0.15) is 11.5 Å². The number of rotatable bonds is 6. The quantitative estimate of drug-likeness (QED) is 0.585. The molecule has 0 bridgehead atoms. The third-order valence-corrected chi connectivity index (χ3v) is 3.05. The minimum atomic E-state index is 0. The summed E-state index contributed by atoms with van der Waals surface area (Å²) in [6.45, 7) is 5.24. The van der Waals surface area contributed by atoms with Gasteiger partial charge in [0.2, 0.25) is 0 Å². The van der Waals surface area contributed by atoms with E-state index in [-0.39, 0.29) is 44.8 Å². The zero-order valence-corrected chi connectivity index (χ0v) is 15.6. The first-order valence-electron chi connectivity index (χ1n) is 7.25. The van der Waals surface area contributed by atoms with E-state index in [1.807, 2.05) is 62.4 Å². The van der Waals surface area contributed by atoms with Crippen LogP contribution in [-0.4, -0.2) is 41.4 Å². The summed E-state index contributed by atoms with van der Waals surface area (Å²) >= 11 is 5.30. The minimum Gasteiger partial charge on any atom is -0.494 e. The standard InChI is InChI=1S/C17H20N2O2S.Mg.Ti.2H/c1-3-20-15-9-5-13(6-10-15)18-17(22)19-14-7-11-16(12-8-14)21-4-2;;;;/h5-12H,3-4H2,1-2H3,(H2,18,19,22);;;;. The second-order valence-electron chi connectivity index (χ2n) is 4.49. The van der Waals surface area contributed by atoms with E-state index in [1.165, 1.54) is 0 Å². The van der Waals surface area contributed by atoms with Crippen LogP contribution in [0.3, 0.4) is 0 Å². The summed E-state index contributed by atoms with van der Waals surface area (Å²) in [5.74, 6) is 1.69. The first-order chi connectivity index (χ1) is 10.7. The van der Waals surface area contributed by atoms with Gasteiger partial charge in [-0.25, -0.2) is 0 Å². The SMILES string of the molecule is CCOc1ccc(NC(=S)Nc2ccc(OCC)cc2)cc1.[MgH2].[Ti]. The topological polar surface area (TPSA) is 42.5 Å². The van der Waals surface area contributed by atoms with E-state index in [4.69, 9.17) is 21.7 Å². The summed E-state index contributed by atoms with van der Waals surface area (Å²) in [5, 5.41) is 6.80. The summed E-state index contributed by atoms with van der Waals surface area (Å²) in [4.78, 5) is 0. The average molecular weight is 391 g/mol. The van der Waals surface area contributed by atoms with Crippen LogP contribution in [0.4, 0.5) is 11.4 Å². The van der Waals surface area contributed by atoms with Gasteiger partial charge in [-0.1, -0.05) is 0 Å². The third kappa shape index (κ3) is 7.86. The van der Waals surface area contributed by atoms with Crippen LogP contribution in [0.15, 0.2) is 48.5 Å². The van der Waals surface area contributed by atoms with Crippen LogP contribution in [0.2, 0.25) is 0 Å². The molecule has 0 aliphatic carbocycles. The van der Waals surface area contributed by atoms with Crippen molar-refractivity contribution in [2.75, 3.05) is 23.8 Å². The van der Waals surface area contributed by atoms with E-state index >= 15 is 0 Å². The molecule has 0 unspecified atom stereocenters. The Morgan fingerprint density at radius 2 is 1.12 bits per heavy atom. The first-order valence-corrected chi connectivity index (χ1v) is 7.65. The molecule has 0 spiro atoms. The van der Waals surface area contributed by atoms with Crippen LogP contribution in [0.1, 0.15) is 13.8 Å². The van der Waals surface area contributed by atoms with Crippen molar-refractivity contribution >= 4 is 51.8 Å². The van der Waals surface area contributed by atoms with E-state index < -0.39 is 0 Å². The van der Waals surface area contributed by atoms with Gasteiger partial charge in [-0.15, -0.1) is 0 Å². The Morgan fingerprint density at radius 3 is 1.42 bits per heavy atom. The molecule has 0 aliphatic heterocycles. The second-order valence-corrected chi connectivity index (χ2v) is 4.90. The summed E-state index contributed by atoms with van der Waals surface area (Å²) in [7, 11) is 0. The molecule has 0 heterocycles. The largest absolute Gasteiger partial charge is 0.494 e. The molecule has 0 aromatic heterocycles. The van der Waals surface area contributed by atoms with Crippen molar-refractivity contribution in [2.24, 2.45) is 0 Å². The Kier molecular flexibility index (Phi) is 12.1. The number of benzene rings is 2. The van der Waals surface area contributed by atoms with E-state index in [0.717, 1.165) is 22.9 Å². The van der Waals surface area contributed by atoms with Gasteiger partial charge in [0.15, 0.2) is 5.11 Å². The fourth-order valence-electron chi connectivity index (χ4n) is 1.90. The first kappa shape index (κ1) is 23.2. The predicted molar refractivity (Wildman–Crippen MR) is 104 cm³/mol. The molecule has 7 heteroatoms. The van der Waals surface area contributed by atoms with Gasteiger partial charge in [0.25, 0.3) is 0 Å². The monoisotopic (exact) mass is 390 g/mol. The molecule has 0 saturated heterocycles. The minimum absolute atomic E-state index is 0. The summed E-state index contributed by atoms with van der Waals surface area (Å²) in [6, 6.07) is 15.3. The molecule has 4 nitrogen and oxygen atoms in total. The van der Waals surface area contributed by atoms with E-state index in [0.29, 0.717) is 18.3 Å². The predicted octanol–water partition coefficient (Wildman–Crippen LogP) is 3.37. The van der Waals surface area contributed by atoms with Gasteiger partial charge in [-0.2, -0.15) is 0 Å². The fourth-order valence-corrected chi connectivity index (χ4v) is 2.13. The van der Waals surface area contributed by atoms with Gasteiger partial charge in [-0.3, -0.25) is 0 Å². The van der Waals surface area contributed by atoms with E-state index in [1.54, 1.807) is 0 Å². The maximum Gasteiger partial charge on any atom is 0.316 e. The normalized spacial score (nSPS) is 9.08. The van der Waals surface area contributed by atoms with Gasteiger partial charge in [0.05, 0.1) is 13.2 Å². The Labute approximate surface area is 179 Å². The van der Waals surface area contributed by atoms with Crippen LogP contribution >= 0.6 is 12.2 Å². The number of ether oxygens (including phenoxy) is 2. The van der Waals surface area contributed by atoms with Crippen molar-refractivity contribution in [2.45, 2.75) is 13.8 Å². The van der Waals surface area contributed by atoms with Gasteiger partial charge < -0.3 is 20.1 Å². The summed E-state index contributed by atoms with van der Waals surface area (Å²) in [6.07, 6.45) is 0. The van der Waals surface area contributed by atoms with Crippen molar-refractivity contribution in [1.29, 1.82) is 0 Å². The summed E-state index contributed by atoms with van der Waals surface area (Å²) in [5.41, 5.74) is 1.82. The van der Waals surface area contributed by atoms with Crippen molar-refractivity contribution in [3.05, 3.63) is 48.5 Å². The maximum absolute atomic E-state index is 5.40. The smallest absolute Gasteiger partial charge is 0.316 e. The zero-order chi connectivity index (χ0) is 15.8. The molecule has 24 heavy (non-hydrogen) atoms. The molecule has 2 aromatic rings. The zero-order valence-electron chi connectivity index (χ0n) is 13.3. The number of hydrogen-bond donors (Lipinski definition) is 2. The van der Waals surface area contributed by atoms with Gasteiger partial charge in [0, 0.05) is 33.1 Å². The molecule has 0 atom stereocenters. The molecule has 2 rings (SSSR count). The van der Waals surface area contributed by atoms with Gasteiger partial charge in [-0.05, 0) is 74.6 Å². The Morgan fingerprint density at radius 1 is 0.792 bits per heavy atom. The maximum atomic E-state index is 5.40. The van der Waals surface area contributed by atoms with Gasteiger partial charge >= 0.3 is 23.1 Å². The van der Waals surface area contributed by atoms with Crippen LogP contribution < -0.4 is 20.1 Å². The number of thiocarbonyl (C=S) groups is 1. The molecular formula is C17H22MgN2O2STi. The van der Waals surface area contributed by atoms with Crippen LogP contribution in [0.5, 0.6) is 11.5 Å². The average Bonchev–Trinajstić information content (AvgIpc) is 2.52. The van der Waals surface area contributed by atoms with E-state index in [9.17, 15) is 0 Å². The van der Waals surface area contributed by atoms with Crippen molar-refractivity contribution in [1.82, 2.24) is 0 Å². The molecule has 0 amide bonds. The molecule has 0 aliphatic rings. The number of anilines is 2. The Hall–Kier alpha value is -0.789. The third-order valence-electron chi connectivity index (χ3n) is 2.85. The Balaban J connectivity index is 0.00000264. The van der Waals surface area contributed by atoms with Crippen LogP contribution in [0.25, 0.3) is 0 Å². The molecule has 2 aromatic carbocycles. The Bertz CT molecular complexity index is 555. The summed E-state index contributed by atoms with van der Waals surface area (Å²) < 4.78 is 10.8. The van der Waals surface area contributed by atoms with Crippen LogP contribution in [-0.2, 0) is 21.7 Å². The molecule has 0 fully saturated rings. The number of nitrogens with one attached hydrogen (secondary N) is 2. The molecular weight excluding hydrogens is 368 g/mol. The molecule has 0 radical (unpaired) electrons.